The molecule has 0 bridgehead atoms. The van der Waals surface area contributed by atoms with Crippen molar-refractivity contribution in [3.63, 3.8) is 0 Å². The predicted molar refractivity (Wildman–Crippen MR) is 144 cm³/mol. The van der Waals surface area contributed by atoms with Gasteiger partial charge in [-0.05, 0) is 42.7 Å². The van der Waals surface area contributed by atoms with Crippen molar-refractivity contribution in [3.8, 4) is 10.4 Å². The Hall–Kier alpha value is -2.85. The van der Waals surface area contributed by atoms with E-state index in [9.17, 15) is 23.9 Å². The first-order valence-electron chi connectivity index (χ1n) is 13.1. The van der Waals surface area contributed by atoms with E-state index in [2.05, 4.69) is 15.6 Å². The van der Waals surface area contributed by atoms with Gasteiger partial charge in [0.25, 0.3) is 5.91 Å². The standard InChI is InChI=1S/C28H37FN4O4S/c1-6-20(17-7-9-18(10-8-17)22-16(2)30-15-38-22)31-24(35)21-13-19(34)14-33(21)25(36)23(27(3,4)5)32-26(37)28(29)11-12-28/h7-10,15,19-21,23,34H,6,11-14H2,1-5H3,(H,31,35)(H,32,37)/t19-,20+,21+,23+/m1/s1. The zero-order valence-electron chi connectivity index (χ0n) is 22.6. The number of aliphatic hydroxyl groups excluding tert-OH is 1. The molecule has 4 atom stereocenters. The quantitative estimate of drug-likeness (QED) is 0.470. The van der Waals surface area contributed by atoms with Gasteiger partial charge in [-0.15, -0.1) is 11.3 Å². The molecule has 0 radical (unpaired) electrons. The molecule has 2 aromatic rings. The number of likely N-dealkylation sites (tertiary alicyclic amines) is 1. The highest BCUT2D eigenvalue weighted by molar-refractivity contribution is 7.13. The van der Waals surface area contributed by atoms with Gasteiger partial charge in [-0.1, -0.05) is 52.0 Å². The van der Waals surface area contributed by atoms with Crippen LogP contribution in [0.4, 0.5) is 4.39 Å². The number of aromatic nitrogens is 1. The number of thiazole rings is 1. The van der Waals surface area contributed by atoms with Crippen molar-refractivity contribution >= 4 is 29.1 Å². The summed E-state index contributed by atoms with van der Waals surface area (Å²) >= 11 is 1.58. The molecule has 4 rings (SSSR count). The number of nitrogens with zero attached hydrogens (tertiary/aromatic N) is 2. The fourth-order valence-corrected chi connectivity index (χ4v) is 5.66. The van der Waals surface area contributed by atoms with Gasteiger partial charge in [0.15, 0.2) is 5.67 Å². The molecule has 3 amide bonds. The molecule has 1 saturated heterocycles. The molecular formula is C28H37FN4O4S. The highest BCUT2D eigenvalue weighted by Crippen LogP contribution is 2.40. The second-order valence-electron chi connectivity index (χ2n) is 11.5. The highest BCUT2D eigenvalue weighted by atomic mass is 32.1. The second-order valence-corrected chi connectivity index (χ2v) is 12.3. The first-order chi connectivity index (χ1) is 17.8. The Labute approximate surface area is 227 Å². The number of carbonyl (C=O) groups excluding carboxylic acids is 3. The number of amides is 3. The number of rotatable bonds is 8. The van der Waals surface area contributed by atoms with Gasteiger partial charge in [0.05, 0.1) is 28.2 Å². The third kappa shape index (κ3) is 5.91. The Kier molecular flexibility index (Phi) is 7.95. The minimum atomic E-state index is -1.92. The summed E-state index contributed by atoms with van der Waals surface area (Å²) in [6.45, 7) is 9.24. The van der Waals surface area contributed by atoms with Gasteiger partial charge < -0.3 is 20.6 Å². The van der Waals surface area contributed by atoms with Gasteiger partial charge in [0.2, 0.25) is 11.8 Å². The average molecular weight is 545 g/mol. The van der Waals surface area contributed by atoms with E-state index >= 15 is 0 Å². The first kappa shape index (κ1) is 28.2. The largest absolute Gasteiger partial charge is 0.391 e. The summed E-state index contributed by atoms with van der Waals surface area (Å²) in [5, 5.41) is 16.0. The van der Waals surface area contributed by atoms with E-state index in [1.807, 2.05) is 43.6 Å². The molecule has 0 unspecified atom stereocenters. The number of benzene rings is 1. The van der Waals surface area contributed by atoms with Gasteiger partial charge in [-0.25, -0.2) is 9.37 Å². The lowest BCUT2D eigenvalue weighted by Crippen LogP contribution is -2.59. The van der Waals surface area contributed by atoms with Crippen molar-refractivity contribution in [2.75, 3.05) is 6.54 Å². The van der Waals surface area contributed by atoms with E-state index < -0.39 is 41.1 Å². The third-order valence-electron chi connectivity index (χ3n) is 7.39. The number of β-amino-alcohol motifs (C(OH)–C–C–N with tert-alkyl or cyclic N) is 1. The molecule has 1 aromatic heterocycles. The van der Waals surface area contributed by atoms with Crippen LogP contribution in [0.15, 0.2) is 29.8 Å². The van der Waals surface area contributed by atoms with Crippen molar-refractivity contribution in [1.82, 2.24) is 20.5 Å². The monoisotopic (exact) mass is 544 g/mol. The zero-order valence-corrected chi connectivity index (χ0v) is 23.4. The average Bonchev–Trinajstić information content (AvgIpc) is 3.28. The Morgan fingerprint density at radius 1 is 1.21 bits per heavy atom. The van der Waals surface area contributed by atoms with Gasteiger partial charge in [-0.3, -0.25) is 14.4 Å². The lowest BCUT2D eigenvalue weighted by Gasteiger charge is -2.36. The van der Waals surface area contributed by atoms with Crippen LogP contribution in [-0.4, -0.2) is 63.1 Å². The number of aryl methyl sites for hydroxylation is 1. The molecule has 2 heterocycles. The molecule has 1 aliphatic heterocycles. The number of nitrogens with one attached hydrogen (secondary N) is 2. The molecule has 38 heavy (non-hydrogen) atoms. The molecule has 0 spiro atoms. The third-order valence-corrected chi connectivity index (χ3v) is 8.37. The van der Waals surface area contributed by atoms with Crippen molar-refractivity contribution in [2.45, 2.75) is 90.2 Å². The molecule has 1 aromatic carbocycles. The number of hydrogen-bond donors (Lipinski definition) is 3. The molecule has 10 heteroatoms. The molecule has 2 aliphatic rings. The Balaban J connectivity index is 1.48. The van der Waals surface area contributed by atoms with E-state index in [0.29, 0.717) is 6.42 Å². The maximum Gasteiger partial charge on any atom is 0.258 e. The van der Waals surface area contributed by atoms with Gasteiger partial charge in [-0.2, -0.15) is 0 Å². The van der Waals surface area contributed by atoms with Gasteiger partial charge in [0.1, 0.15) is 12.1 Å². The van der Waals surface area contributed by atoms with Crippen LogP contribution in [0.25, 0.3) is 10.4 Å². The van der Waals surface area contributed by atoms with Crippen LogP contribution in [0.3, 0.4) is 0 Å². The Morgan fingerprint density at radius 2 is 1.87 bits per heavy atom. The predicted octanol–water partition coefficient (Wildman–Crippen LogP) is 3.68. The van der Waals surface area contributed by atoms with Crippen molar-refractivity contribution in [1.29, 1.82) is 0 Å². The normalized spacial score (nSPS) is 22.0. The van der Waals surface area contributed by atoms with Crippen LogP contribution in [0.1, 0.15) is 70.7 Å². The topological polar surface area (TPSA) is 112 Å². The van der Waals surface area contributed by atoms with E-state index in [-0.39, 0.29) is 37.8 Å². The minimum Gasteiger partial charge on any atom is -0.391 e. The van der Waals surface area contributed by atoms with E-state index in [1.54, 1.807) is 32.1 Å². The van der Waals surface area contributed by atoms with Crippen molar-refractivity contribution in [3.05, 3.63) is 41.0 Å². The summed E-state index contributed by atoms with van der Waals surface area (Å²) in [6, 6.07) is 5.76. The molecular weight excluding hydrogens is 507 g/mol. The maximum absolute atomic E-state index is 14.4. The number of aliphatic hydroxyl groups is 1. The number of carbonyl (C=O) groups is 3. The SMILES string of the molecule is CC[C@H](NC(=O)[C@@H]1C[C@@H](O)CN1C(=O)[C@H](NC(=O)C1(F)CC1)C(C)(C)C)c1ccc(-c2scnc2C)cc1. The lowest BCUT2D eigenvalue weighted by atomic mass is 9.85. The fourth-order valence-electron chi connectivity index (χ4n) is 4.85. The molecule has 1 aliphatic carbocycles. The Bertz CT molecular complexity index is 1190. The van der Waals surface area contributed by atoms with Crippen LogP contribution in [0.2, 0.25) is 0 Å². The minimum absolute atomic E-state index is 0.0279. The van der Waals surface area contributed by atoms with Crippen LogP contribution in [-0.2, 0) is 14.4 Å². The number of halogens is 1. The number of hydrogen-bond acceptors (Lipinski definition) is 6. The van der Waals surface area contributed by atoms with Crippen molar-refractivity contribution in [2.24, 2.45) is 5.41 Å². The van der Waals surface area contributed by atoms with E-state index in [4.69, 9.17) is 0 Å². The fraction of sp³-hybridized carbons (Fsp3) is 0.571. The van der Waals surface area contributed by atoms with Crippen LogP contribution < -0.4 is 10.6 Å². The molecule has 8 nitrogen and oxygen atoms in total. The first-order valence-corrected chi connectivity index (χ1v) is 14.0. The van der Waals surface area contributed by atoms with Crippen LogP contribution >= 0.6 is 11.3 Å². The molecule has 3 N–H and O–H groups in total. The van der Waals surface area contributed by atoms with E-state index in [0.717, 1.165) is 21.7 Å². The summed E-state index contributed by atoms with van der Waals surface area (Å²) in [6.07, 6.45) is 0.132. The smallest absolute Gasteiger partial charge is 0.258 e. The maximum atomic E-state index is 14.4. The number of alkyl halides is 1. The lowest BCUT2D eigenvalue weighted by molar-refractivity contribution is -0.145. The second kappa shape index (κ2) is 10.7. The summed E-state index contributed by atoms with van der Waals surface area (Å²) in [4.78, 5) is 46.3. The molecule has 2 fully saturated rings. The van der Waals surface area contributed by atoms with Crippen molar-refractivity contribution < 1.29 is 23.9 Å². The Morgan fingerprint density at radius 3 is 2.39 bits per heavy atom. The van der Waals surface area contributed by atoms with Crippen LogP contribution in [0, 0.1) is 12.3 Å². The zero-order chi connectivity index (χ0) is 27.8. The summed E-state index contributed by atoms with van der Waals surface area (Å²) in [7, 11) is 0. The summed E-state index contributed by atoms with van der Waals surface area (Å²) in [5.41, 5.74) is 2.12. The van der Waals surface area contributed by atoms with Gasteiger partial charge >= 0.3 is 0 Å². The molecule has 1 saturated carbocycles. The summed E-state index contributed by atoms with van der Waals surface area (Å²) in [5.74, 6) is -1.66. The van der Waals surface area contributed by atoms with Crippen LogP contribution in [0.5, 0.6) is 0 Å². The van der Waals surface area contributed by atoms with E-state index in [1.165, 1.54) is 4.90 Å². The molecule has 206 valence electrons. The highest BCUT2D eigenvalue weighted by Gasteiger charge is 2.53. The van der Waals surface area contributed by atoms with Gasteiger partial charge in [0, 0.05) is 13.0 Å². The summed E-state index contributed by atoms with van der Waals surface area (Å²) < 4.78 is 14.4.